The van der Waals surface area contributed by atoms with Gasteiger partial charge in [0, 0.05) is 15.7 Å². The Morgan fingerprint density at radius 1 is 0.939 bits per heavy atom. The van der Waals surface area contributed by atoms with Gasteiger partial charge in [0.25, 0.3) is 0 Å². The standard InChI is InChI=1S/C24H20BrN3O3S2/c1-17-7-13-21(14-8-17)33(30,31)16-23-26-27-24(28(23)20-5-3-2-4-6-20)32-15-22(29)18-9-11-19(25)12-10-18/h2-14H,15-16H2,1H3. The predicted octanol–water partition coefficient (Wildman–Crippen LogP) is 5.29. The number of ketones is 1. The van der Waals surface area contributed by atoms with E-state index in [0.717, 1.165) is 15.7 Å². The summed E-state index contributed by atoms with van der Waals surface area (Å²) in [7, 11) is -3.63. The third-order valence-electron chi connectivity index (χ3n) is 4.91. The van der Waals surface area contributed by atoms with Crippen molar-refractivity contribution in [3.8, 4) is 5.69 Å². The average Bonchev–Trinajstić information content (AvgIpc) is 3.20. The number of hydrogen-bond donors (Lipinski definition) is 0. The number of aromatic nitrogens is 3. The Morgan fingerprint density at radius 3 is 2.27 bits per heavy atom. The van der Waals surface area contributed by atoms with Crippen LogP contribution in [0.2, 0.25) is 0 Å². The molecule has 4 aromatic rings. The Morgan fingerprint density at radius 2 is 1.61 bits per heavy atom. The molecule has 0 aliphatic heterocycles. The Labute approximate surface area is 205 Å². The molecule has 4 rings (SSSR count). The lowest BCUT2D eigenvalue weighted by Crippen LogP contribution is -2.11. The number of aryl methyl sites for hydroxylation is 1. The molecule has 1 aromatic heterocycles. The van der Waals surface area contributed by atoms with E-state index in [0.29, 0.717) is 16.5 Å². The van der Waals surface area contributed by atoms with Crippen molar-refractivity contribution in [2.45, 2.75) is 22.7 Å². The molecule has 0 saturated heterocycles. The minimum atomic E-state index is -3.63. The Hall–Kier alpha value is -2.75. The summed E-state index contributed by atoms with van der Waals surface area (Å²) in [4.78, 5) is 12.9. The molecular weight excluding hydrogens is 522 g/mol. The summed E-state index contributed by atoms with van der Waals surface area (Å²) in [5, 5.41) is 8.85. The molecule has 0 aliphatic carbocycles. The molecule has 6 nitrogen and oxygen atoms in total. The zero-order chi connectivity index (χ0) is 23.4. The molecule has 0 fully saturated rings. The van der Waals surface area contributed by atoms with Gasteiger partial charge in [-0.15, -0.1) is 10.2 Å². The molecule has 0 unspecified atom stereocenters. The van der Waals surface area contributed by atoms with Crippen molar-refractivity contribution >= 4 is 43.3 Å². The van der Waals surface area contributed by atoms with Crippen LogP contribution in [0.15, 0.2) is 93.4 Å². The zero-order valence-corrected chi connectivity index (χ0v) is 20.9. The molecule has 1 heterocycles. The lowest BCUT2D eigenvalue weighted by atomic mass is 10.2. The quantitative estimate of drug-likeness (QED) is 0.222. The zero-order valence-electron chi connectivity index (χ0n) is 17.7. The van der Waals surface area contributed by atoms with Crippen molar-refractivity contribution in [2.24, 2.45) is 0 Å². The number of halogens is 1. The van der Waals surface area contributed by atoms with Crippen molar-refractivity contribution in [3.63, 3.8) is 0 Å². The number of hydrogen-bond acceptors (Lipinski definition) is 6. The summed E-state index contributed by atoms with van der Waals surface area (Å²) in [5.41, 5.74) is 2.31. The van der Waals surface area contributed by atoms with Gasteiger partial charge in [-0.2, -0.15) is 0 Å². The third-order valence-corrected chi connectivity index (χ3v) is 8.00. The van der Waals surface area contributed by atoms with E-state index in [2.05, 4.69) is 26.1 Å². The summed E-state index contributed by atoms with van der Waals surface area (Å²) in [6, 6.07) is 23.2. The second-order valence-corrected chi connectivity index (χ2v) is 11.2. The third kappa shape index (κ3) is 5.61. The van der Waals surface area contributed by atoms with Crippen LogP contribution in [0, 0.1) is 6.92 Å². The van der Waals surface area contributed by atoms with Crippen LogP contribution in [0.25, 0.3) is 5.69 Å². The van der Waals surface area contributed by atoms with Gasteiger partial charge in [0.2, 0.25) is 0 Å². The second-order valence-electron chi connectivity index (χ2n) is 7.36. The maximum atomic E-state index is 13.0. The van der Waals surface area contributed by atoms with E-state index < -0.39 is 9.84 Å². The molecule has 0 radical (unpaired) electrons. The molecule has 0 bridgehead atoms. The Bertz CT molecular complexity index is 1370. The molecule has 33 heavy (non-hydrogen) atoms. The second kappa shape index (κ2) is 10.0. The number of carbonyl (C=O) groups is 1. The summed E-state index contributed by atoms with van der Waals surface area (Å²) < 4.78 is 28.7. The highest BCUT2D eigenvalue weighted by atomic mass is 79.9. The van der Waals surface area contributed by atoms with E-state index in [4.69, 9.17) is 0 Å². The first-order valence-electron chi connectivity index (χ1n) is 10.0. The lowest BCUT2D eigenvalue weighted by molar-refractivity contribution is 0.102. The molecular formula is C24H20BrN3O3S2. The first-order valence-corrected chi connectivity index (χ1v) is 13.5. The van der Waals surface area contributed by atoms with E-state index >= 15 is 0 Å². The number of Topliss-reactive ketones (excluding diaryl/α,β-unsaturated/α-hetero) is 1. The number of sulfone groups is 1. The molecule has 3 aromatic carbocycles. The maximum Gasteiger partial charge on any atom is 0.196 e. The van der Waals surface area contributed by atoms with Gasteiger partial charge in [0.05, 0.1) is 10.6 Å². The van der Waals surface area contributed by atoms with Crippen LogP contribution < -0.4 is 0 Å². The SMILES string of the molecule is Cc1ccc(S(=O)(=O)Cc2nnc(SCC(=O)c3ccc(Br)cc3)n2-c2ccccc2)cc1. The number of para-hydroxylation sites is 1. The van der Waals surface area contributed by atoms with Crippen molar-refractivity contribution in [2.75, 3.05) is 5.75 Å². The normalized spacial score (nSPS) is 11.5. The van der Waals surface area contributed by atoms with Crippen LogP contribution in [0.5, 0.6) is 0 Å². The highest BCUT2D eigenvalue weighted by Gasteiger charge is 2.23. The molecule has 0 amide bonds. The Kier molecular flexibility index (Phi) is 7.11. The number of thioether (sulfide) groups is 1. The monoisotopic (exact) mass is 541 g/mol. The van der Waals surface area contributed by atoms with Gasteiger partial charge in [0.1, 0.15) is 5.75 Å². The Balaban J connectivity index is 1.63. The topological polar surface area (TPSA) is 81.9 Å². The van der Waals surface area contributed by atoms with Crippen molar-refractivity contribution in [3.05, 3.63) is 100 Å². The molecule has 0 spiro atoms. The predicted molar refractivity (Wildman–Crippen MR) is 133 cm³/mol. The highest BCUT2D eigenvalue weighted by Crippen LogP contribution is 2.26. The molecule has 9 heteroatoms. The first-order chi connectivity index (χ1) is 15.8. The van der Waals surface area contributed by atoms with Crippen LogP contribution in [-0.2, 0) is 15.6 Å². The fourth-order valence-corrected chi connectivity index (χ4v) is 5.55. The smallest absolute Gasteiger partial charge is 0.196 e. The van der Waals surface area contributed by atoms with Gasteiger partial charge in [0.15, 0.2) is 26.6 Å². The van der Waals surface area contributed by atoms with E-state index in [-0.39, 0.29) is 22.2 Å². The summed E-state index contributed by atoms with van der Waals surface area (Å²) in [6.45, 7) is 1.90. The molecule has 0 N–H and O–H groups in total. The minimum absolute atomic E-state index is 0.0519. The van der Waals surface area contributed by atoms with Crippen LogP contribution in [0.3, 0.4) is 0 Å². The van der Waals surface area contributed by atoms with Crippen LogP contribution >= 0.6 is 27.7 Å². The van der Waals surface area contributed by atoms with Gasteiger partial charge < -0.3 is 0 Å². The number of benzene rings is 3. The minimum Gasteiger partial charge on any atom is -0.293 e. The molecule has 0 saturated carbocycles. The van der Waals surface area contributed by atoms with E-state index in [1.807, 2.05) is 49.4 Å². The number of nitrogens with zero attached hydrogens (tertiary/aromatic N) is 3. The number of carbonyl (C=O) groups excluding carboxylic acids is 1. The first kappa shape index (κ1) is 23.4. The van der Waals surface area contributed by atoms with E-state index in [1.165, 1.54) is 11.8 Å². The van der Waals surface area contributed by atoms with Gasteiger partial charge in [-0.25, -0.2) is 8.42 Å². The molecule has 168 valence electrons. The van der Waals surface area contributed by atoms with Crippen LogP contribution in [-0.4, -0.2) is 34.7 Å². The van der Waals surface area contributed by atoms with E-state index in [9.17, 15) is 13.2 Å². The van der Waals surface area contributed by atoms with Crippen molar-refractivity contribution in [1.82, 2.24) is 14.8 Å². The van der Waals surface area contributed by atoms with E-state index in [1.54, 1.807) is 41.0 Å². The average molecular weight is 542 g/mol. The lowest BCUT2D eigenvalue weighted by Gasteiger charge is -2.11. The summed E-state index contributed by atoms with van der Waals surface area (Å²) in [5.74, 6) is 0.0838. The molecule has 0 atom stereocenters. The van der Waals surface area contributed by atoms with Gasteiger partial charge >= 0.3 is 0 Å². The maximum absolute atomic E-state index is 13.0. The fraction of sp³-hybridized carbons (Fsp3) is 0.125. The highest BCUT2D eigenvalue weighted by molar-refractivity contribution is 9.10. The fourth-order valence-electron chi connectivity index (χ4n) is 3.17. The van der Waals surface area contributed by atoms with Gasteiger partial charge in [-0.1, -0.05) is 75.7 Å². The van der Waals surface area contributed by atoms with Gasteiger partial charge in [-0.05, 0) is 43.3 Å². The summed E-state index contributed by atoms with van der Waals surface area (Å²) >= 11 is 4.59. The van der Waals surface area contributed by atoms with Crippen LogP contribution in [0.4, 0.5) is 0 Å². The van der Waals surface area contributed by atoms with Crippen molar-refractivity contribution in [1.29, 1.82) is 0 Å². The number of rotatable bonds is 8. The molecule has 0 aliphatic rings. The largest absolute Gasteiger partial charge is 0.293 e. The summed E-state index contributed by atoms with van der Waals surface area (Å²) in [6.07, 6.45) is 0. The van der Waals surface area contributed by atoms with Crippen LogP contribution in [0.1, 0.15) is 21.7 Å². The van der Waals surface area contributed by atoms with Gasteiger partial charge in [-0.3, -0.25) is 9.36 Å². The van der Waals surface area contributed by atoms with Crippen molar-refractivity contribution < 1.29 is 13.2 Å².